The van der Waals surface area contributed by atoms with Gasteiger partial charge >= 0.3 is 0 Å². The SMILES string of the molecule is Nc1ccc([N+](=O)[O-])c(S(=O)(=O)NCC2CCOC2)c1. The number of nitro benzene ring substituents is 1. The van der Waals surface area contributed by atoms with Gasteiger partial charge in [-0.05, 0) is 24.5 Å². The highest BCUT2D eigenvalue weighted by atomic mass is 32.2. The van der Waals surface area contributed by atoms with Crippen molar-refractivity contribution in [2.24, 2.45) is 5.92 Å². The molecule has 3 N–H and O–H groups in total. The van der Waals surface area contributed by atoms with Crippen LogP contribution in [0.25, 0.3) is 0 Å². The molecule has 0 saturated carbocycles. The molecule has 1 aromatic rings. The second-order valence-corrected chi connectivity index (χ2v) is 6.30. The van der Waals surface area contributed by atoms with Crippen molar-refractivity contribution in [3.8, 4) is 0 Å². The van der Waals surface area contributed by atoms with Crippen LogP contribution in [0.15, 0.2) is 23.1 Å². The zero-order valence-corrected chi connectivity index (χ0v) is 11.4. The van der Waals surface area contributed by atoms with Crippen LogP contribution in [-0.4, -0.2) is 33.1 Å². The Morgan fingerprint density at radius 1 is 1.50 bits per heavy atom. The van der Waals surface area contributed by atoms with Gasteiger partial charge in [0.25, 0.3) is 5.69 Å². The van der Waals surface area contributed by atoms with Crippen molar-refractivity contribution < 1.29 is 18.1 Å². The summed E-state index contributed by atoms with van der Waals surface area (Å²) in [5, 5.41) is 10.9. The molecule has 8 nitrogen and oxygen atoms in total. The van der Waals surface area contributed by atoms with Crippen molar-refractivity contribution in [3.05, 3.63) is 28.3 Å². The number of nitrogens with one attached hydrogen (secondary N) is 1. The number of nitrogen functional groups attached to an aromatic ring is 1. The molecule has 1 aliphatic rings. The molecule has 1 heterocycles. The Morgan fingerprint density at radius 2 is 2.25 bits per heavy atom. The molecule has 1 fully saturated rings. The standard InChI is InChI=1S/C11H15N3O5S/c12-9-1-2-10(14(15)16)11(5-9)20(17,18)13-6-8-3-4-19-7-8/h1-2,5,8,13H,3-4,6-7,12H2. The molecular formula is C11H15N3O5S. The highest BCUT2D eigenvalue weighted by Gasteiger charge is 2.27. The summed E-state index contributed by atoms with van der Waals surface area (Å²) in [6.45, 7) is 1.28. The fourth-order valence-electron chi connectivity index (χ4n) is 1.95. The van der Waals surface area contributed by atoms with Gasteiger partial charge in [-0.2, -0.15) is 0 Å². The Morgan fingerprint density at radius 3 is 2.85 bits per heavy atom. The van der Waals surface area contributed by atoms with Crippen LogP contribution in [0.2, 0.25) is 0 Å². The normalized spacial score (nSPS) is 19.1. The minimum absolute atomic E-state index is 0.0879. The van der Waals surface area contributed by atoms with Crippen LogP contribution in [0, 0.1) is 16.0 Å². The van der Waals surface area contributed by atoms with Gasteiger partial charge in [0.05, 0.1) is 11.5 Å². The number of nitrogens with two attached hydrogens (primary N) is 1. The van der Waals surface area contributed by atoms with Crippen LogP contribution in [0.3, 0.4) is 0 Å². The van der Waals surface area contributed by atoms with Gasteiger partial charge < -0.3 is 10.5 Å². The highest BCUT2D eigenvalue weighted by molar-refractivity contribution is 7.89. The quantitative estimate of drug-likeness (QED) is 0.463. The Balaban J connectivity index is 2.23. The van der Waals surface area contributed by atoms with Crippen molar-refractivity contribution in [1.29, 1.82) is 0 Å². The molecule has 0 radical (unpaired) electrons. The topological polar surface area (TPSA) is 125 Å². The van der Waals surface area contributed by atoms with Gasteiger partial charge in [-0.15, -0.1) is 0 Å². The third kappa shape index (κ3) is 3.24. The van der Waals surface area contributed by atoms with Crippen LogP contribution < -0.4 is 10.5 Å². The van der Waals surface area contributed by atoms with Gasteiger partial charge in [0.1, 0.15) is 0 Å². The summed E-state index contributed by atoms with van der Waals surface area (Å²) in [5.74, 6) is 0.0879. The number of nitrogens with zero attached hydrogens (tertiary/aromatic N) is 1. The number of sulfonamides is 1. The molecule has 1 saturated heterocycles. The Hall–Kier alpha value is -1.71. The van der Waals surface area contributed by atoms with Gasteiger partial charge in [0.2, 0.25) is 10.0 Å². The predicted octanol–water partition coefficient (Wildman–Crippen LogP) is 0.492. The van der Waals surface area contributed by atoms with Gasteiger partial charge in [0.15, 0.2) is 4.90 Å². The lowest BCUT2D eigenvalue weighted by atomic mass is 10.1. The van der Waals surface area contributed by atoms with Crippen LogP contribution in [-0.2, 0) is 14.8 Å². The van der Waals surface area contributed by atoms with Gasteiger partial charge in [0, 0.05) is 24.9 Å². The van der Waals surface area contributed by atoms with E-state index in [2.05, 4.69) is 4.72 Å². The molecule has 9 heteroatoms. The van der Waals surface area contributed by atoms with E-state index in [0.29, 0.717) is 13.2 Å². The summed E-state index contributed by atoms with van der Waals surface area (Å²) in [6, 6.07) is 3.47. The maximum absolute atomic E-state index is 12.2. The molecule has 0 bridgehead atoms. The molecule has 20 heavy (non-hydrogen) atoms. The molecule has 0 spiro atoms. The Kier molecular flexibility index (Phi) is 4.21. The van der Waals surface area contributed by atoms with E-state index in [1.165, 1.54) is 6.07 Å². The fourth-order valence-corrected chi connectivity index (χ4v) is 3.27. The zero-order valence-electron chi connectivity index (χ0n) is 10.6. The van der Waals surface area contributed by atoms with Crippen LogP contribution in [0.1, 0.15) is 6.42 Å². The average Bonchev–Trinajstić information content (AvgIpc) is 2.89. The van der Waals surface area contributed by atoms with E-state index in [-0.39, 0.29) is 18.2 Å². The molecule has 110 valence electrons. The van der Waals surface area contributed by atoms with Gasteiger partial charge in [-0.1, -0.05) is 0 Å². The number of rotatable bonds is 5. The first-order chi connectivity index (χ1) is 9.40. The zero-order chi connectivity index (χ0) is 14.8. The average molecular weight is 301 g/mol. The van der Waals surface area contributed by atoms with Crippen molar-refractivity contribution in [1.82, 2.24) is 4.72 Å². The first-order valence-corrected chi connectivity index (χ1v) is 7.50. The summed E-state index contributed by atoms with van der Waals surface area (Å²) in [5.41, 5.74) is 5.17. The van der Waals surface area contributed by atoms with Gasteiger partial charge in [-0.25, -0.2) is 13.1 Å². The largest absolute Gasteiger partial charge is 0.399 e. The number of anilines is 1. The van der Waals surface area contributed by atoms with E-state index < -0.39 is 25.5 Å². The van der Waals surface area contributed by atoms with Crippen molar-refractivity contribution >= 4 is 21.4 Å². The second kappa shape index (κ2) is 5.73. The lowest BCUT2D eigenvalue weighted by Gasteiger charge is -2.11. The predicted molar refractivity (Wildman–Crippen MR) is 71.6 cm³/mol. The molecule has 1 unspecified atom stereocenters. The minimum Gasteiger partial charge on any atom is -0.399 e. The molecule has 1 aromatic carbocycles. The highest BCUT2D eigenvalue weighted by Crippen LogP contribution is 2.26. The van der Waals surface area contributed by atoms with Gasteiger partial charge in [-0.3, -0.25) is 10.1 Å². The summed E-state index contributed by atoms with van der Waals surface area (Å²) >= 11 is 0. The molecule has 0 amide bonds. The third-order valence-corrected chi connectivity index (χ3v) is 4.51. The van der Waals surface area contributed by atoms with Crippen molar-refractivity contribution in [3.63, 3.8) is 0 Å². The maximum atomic E-state index is 12.2. The summed E-state index contributed by atoms with van der Waals surface area (Å²) in [6.07, 6.45) is 0.765. The summed E-state index contributed by atoms with van der Waals surface area (Å²) in [7, 11) is -3.97. The number of benzene rings is 1. The molecule has 1 aliphatic heterocycles. The fraction of sp³-hybridized carbons (Fsp3) is 0.455. The van der Waals surface area contributed by atoms with E-state index in [1.807, 2.05) is 0 Å². The van der Waals surface area contributed by atoms with E-state index >= 15 is 0 Å². The first-order valence-electron chi connectivity index (χ1n) is 6.01. The van der Waals surface area contributed by atoms with E-state index in [9.17, 15) is 18.5 Å². The third-order valence-electron chi connectivity index (χ3n) is 3.06. The summed E-state index contributed by atoms with van der Waals surface area (Å²) < 4.78 is 31.8. The lowest BCUT2D eigenvalue weighted by Crippen LogP contribution is -2.30. The molecule has 1 atom stereocenters. The molecule has 0 aromatic heterocycles. The second-order valence-electron chi connectivity index (χ2n) is 4.57. The van der Waals surface area contributed by atoms with Crippen LogP contribution >= 0.6 is 0 Å². The van der Waals surface area contributed by atoms with Crippen molar-refractivity contribution in [2.45, 2.75) is 11.3 Å². The minimum atomic E-state index is -3.97. The number of hydrogen-bond donors (Lipinski definition) is 2. The summed E-state index contributed by atoms with van der Waals surface area (Å²) in [4.78, 5) is 9.73. The number of nitro groups is 1. The van der Waals surface area contributed by atoms with Crippen LogP contribution in [0.4, 0.5) is 11.4 Å². The Labute approximate surface area is 116 Å². The Bertz CT molecular complexity index is 610. The van der Waals surface area contributed by atoms with E-state index in [0.717, 1.165) is 18.6 Å². The smallest absolute Gasteiger partial charge is 0.289 e. The maximum Gasteiger partial charge on any atom is 0.289 e. The van der Waals surface area contributed by atoms with E-state index in [4.69, 9.17) is 10.5 Å². The molecular weight excluding hydrogens is 286 g/mol. The van der Waals surface area contributed by atoms with Crippen LogP contribution in [0.5, 0.6) is 0 Å². The molecule has 0 aliphatic carbocycles. The van der Waals surface area contributed by atoms with Crippen molar-refractivity contribution in [2.75, 3.05) is 25.5 Å². The number of hydrogen-bond acceptors (Lipinski definition) is 6. The van der Waals surface area contributed by atoms with E-state index in [1.54, 1.807) is 0 Å². The molecule has 2 rings (SSSR count). The monoisotopic (exact) mass is 301 g/mol. The number of ether oxygens (including phenoxy) is 1. The lowest BCUT2D eigenvalue weighted by molar-refractivity contribution is -0.387. The first kappa shape index (κ1) is 14.7.